The number of piperazine rings is 2. The highest BCUT2D eigenvalue weighted by Gasteiger charge is 2.45. The molecule has 0 saturated carbocycles. The van der Waals surface area contributed by atoms with E-state index in [9.17, 15) is 47.6 Å². The lowest BCUT2D eigenvalue weighted by Gasteiger charge is -2.44. The van der Waals surface area contributed by atoms with E-state index < -0.39 is 56.1 Å². The number of carbonyl (C=O) groups is 5. The molecule has 5 aromatic carbocycles. The Morgan fingerprint density at radius 2 is 1.46 bits per heavy atom. The molecule has 109 heavy (non-hydrogen) atoms. The van der Waals surface area contributed by atoms with Crippen molar-refractivity contribution < 1.29 is 42.4 Å². The number of amides is 5. The van der Waals surface area contributed by atoms with Gasteiger partial charge in [0.25, 0.3) is 21.6 Å². The van der Waals surface area contributed by atoms with Crippen LogP contribution >= 0.6 is 34.7 Å². The Morgan fingerprint density at radius 3 is 2.12 bits per heavy atom. The second kappa shape index (κ2) is 38.0. The molecule has 5 heterocycles. The lowest BCUT2D eigenvalue weighted by Crippen LogP contribution is -2.57. The van der Waals surface area contributed by atoms with Gasteiger partial charge in [-0.3, -0.25) is 43.9 Å². The molecule has 0 unspecified atom stereocenters. The van der Waals surface area contributed by atoms with Gasteiger partial charge in [-0.1, -0.05) is 125 Å². The number of aryl methyl sites for hydroxylation is 1. The summed E-state index contributed by atoms with van der Waals surface area (Å²) in [5.41, 5.74) is 8.92. The summed E-state index contributed by atoms with van der Waals surface area (Å²) in [6.45, 7) is 22.6. The predicted molar refractivity (Wildman–Crippen MR) is 434 cm³/mol. The SMILES string of the molecule is Cc1ncsc1-c1ccc([C@H](C)NC(=O)[C@@H]2C[C@@H](O)CN2C(=O)[C@@H](NC(=O)CCCCCCC(=O)N2CCN(C[C@]3(C)CCC(c4ccc(Cl)cc4)=C(CN4CCN(c5ccc(C(=O)NS(=O)(=O)c6ccc(N[C@H](CCN7CCCCCC7)CSc7ccccc7)c([N+](=O)[O-])c6)cc5)CC4)C3)CC2)C(C)(C)C)cc1. The van der Waals surface area contributed by atoms with Crippen molar-refractivity contribution in [3.05, 3.63) is 170 Å². The van der Waals surface area contributed by atoms with Crippen LogP contribution in [0, 0.1) is 27.9 Å². The minimum Gasteiger partial charge on any atom is -0.391 e. The number of aromatic nitrogens is 1. The third-order valence-corrected chi connectivity index (χ3v) is 25.9. The Bertz CT molecular complexity index is 4230. The van der Waals surface area contributed by atoms with Gasteiger partial charge in [-0.05, 0) is 172 Å². The summed E-state index contributed by atoms with van der Waals surface area (Å²) >= 11 is 9.65. The van der Waals surface area contributed by atoms with Crippen molar-refractivity contribution in [2.75, 3.05) is 108 Å². The second-order valence-corrected chi connectivity index (χ2v) is 35.8. The molecule has 0 spiro atoms. The zero-order chi connectivity index (χ0) is 77.4. The highest BCUT2D eigenvalue weighted by Crippen LogP contribution is 2.45. The summed E-state index contributed by atoms with van der Waals surface area (Å²) in [6, 6.07) is 34.4. The Morgan fingerprint density at radius 1 is 0.789 bits per heavy atom. The summed E-state index contributed by atoms with van der Waals surface area (Å²) in [5.74, 6) is -1.06. The maximum absolute atomic E-state index is 14.3. The molecule has 586 valence electrons. The van der Waals surface area contributed by atoms with Gasteiger partial charge in [-0.15, -0.1) is 23.1 Å². The van der Waals surface area contributed by atoms with E-state index in [2.05, 4.69) is 64.3 Å². The fourth-order valence-corrected chi connectivity index (χ4v) is 18.8. The molecule has 4 saturated heterocycles. The van der Waals surface area contributed by atoms with Gasteiger partial charge in [0.15, 0.2) is 0 Å². The molecule has 4 aliphatic heterocycles. The maximum atomic E-state index is 14.3. The molecule has 22 nitrogen and oxygen atoms in total. The molecule has 5 aliphatic rings. The molecule has 0 bridgehead atoms. The van der Waals surface area contributed by atoms with E-state index in [4.69, 9.17) is 11.6 Å². The van der Waals surface area contributed by atoms with Crippen LogP contribution in [0.3, 0.4) is 0 Å². The summed E-state index contributed by atoms with van der Waals surface area (Å²) < 4.78 is 29.7. The average Bonchev–Trinajstić information content (AvgIpc) is 1.78. The average molecular weight is 1570 g/mol. The van der Waals surface area contributed by atoms with E-state index >= 15 is 0 Å². The van der Waals surface area contributed by atoms with Gasteiger partial charge in [-0.25, -0.2) is 18.1 Å². The Kier molecular flexibility index (Phi) is 28.6. The number of thioether (sulfide) groups is 1. The van der Waals surface area contributed by atoms with Crippen molar-refractivity contribution in [2.24, 2.45) is 10.8 Å². The zero-order valence-electron chi connectivity index (χ0n) is 64.0. The van der Waals surface area contributed by atoms with Gasteiger partial charge in [-0.2, -0.15) is 0 Å². The van der Waals surface area contributed by atoms with Crippen molar-refractivity contribution in [3.63, 3.8) is 0 Å². The number of hydrogen-bond donors (Lipinski definition) is 5. The van der Waals surface area contributed by atoms with Gasteiger partial charge >= 0.3 is 0 Å². The van der Waals surface area contributed by atoms with Gasteiger partial charge < -0.3 is 40.7 Å². The number of nitrogens with zero attached hydrogens (tertiary/aromatic N) is 8. The molecule has 5 N–H and O–H groups in total. The Balaban J connectivity index is 0.606. The largest absolute Gasteiger partial charge is 0.391 e. The van der Waals surface area contributed by atoms with E-state index in [0.29, 0.717) is 43.1 Å². The van der Waals surface area contributed by atoms with E-state index in [0.717, 1.165) is 162 Å². The van der Waals surface area contributed by atoms with Crippen LogP contribution in [-0.4, -0.2) is 199 Å². The first kappa shape index (κ1) is 82.2. The first-order valence-electron chi connectivity index (χ1n) is 38.9. The summed E-state index contributed by atoms with van der Waals surface area (Å²) in [6.07, 6.45) is 11.1. The number of halogens is 1. The first-order valence-corrected chi connectivity index (χ1v) is 42.6. The highest BCUT2D eigenvalue weighted by molar-refractivity contribution is 7.99. The topological polar surface area (TPSA) is 263 Å². The number of likely N-dealkylation sites (tertiary alicyclic amines) is 2. The number of aliphatic hydroxyl groups is 1. The third-order valence-electron chi connectivity index (χ3n) is 22.2. The van der Waals surface area contributed by atoms with Crippen LogP contribution in [0.1, 0.15) is 164 Å². The maximum Gasteiger partial charge on any atom is 0.293 e. The quantitative estimate of drug-likeness (QED) is 0.0117. The minimum atomic E-state index is -4.51. The number of nitrogens with one attached hydrogen (secondary N) is 4. The number of rotatable bonds is 31. The number of hydrogen-bond acceptors (Lipinski definition) is 18. The third kappa shape index (κ3) is 22.7. The molecule has 0 radical (unpaired) electrons. The van der Waals surface area contributed by atoms with Gasteiger partial charge in [0.2, 0.25) is 23.6 Å². The second-order valence-electron chi connectivity index (χ2n) is 31.7. The highest BCUT2D eigenvalue weighted by atomic mass is 35.5. The number of anilines is 2. The lowest BCUT2D eigenvalue weighted by molar-refractivity contribution is -0.384. The summed E-state index contributed by atoms with van der Waals surface area (Å²) in [5, 5.41) is 33.5. The van der Waals surface area contributed by atoms with Crippen LogP contribution in [0.5, 0.6) is 0 Å². The van der Waals surface area contributed by atoms with Crippen LogP contribution in [0.15, 0.2) is 142 Å². The molecule has 11 rings (SSSR count). The van der Waals surface area contributed by atoms with Crippen LogP contribution < -0.4 is 25.6 Å². The molecule has 6 aromatic rings. The number of nitro groups is 1. The van der Waals surface area contributed by atoms with Gasteiger partial charge in [0, 0.05) is 137 Å². The number of benzene rings is 5. The molecule has 6 atom stereocenters. The monoisotopic (exact) mass is 1560 g/mol. The van der Waals surface area contributed by atoms with E-state index in [1.54, 1.807) is 35.2 Å². The normalized spacial score (nSPS) is 20.1. The van der Waals surface area contributed by atoms with Crippen molar-refractivity contribution in [1.29, 1.82) is 0 Å². The van der Waals surface area contributed by atoms with Crippen LogP contribution in [0.2, 0.25) is 5.02 Å². The number of thiazole rings is 1. The van der Waals surface area contributed by atoms with Gasteiger partial charge in [0.05, 0.1) is 38.0 Å². The molecule has 1 aromatic heterocycles. The lowest BCUT2D eigenvalue weighted by atomic mass is 9.71. The number of nitro benzene ring substituents is 1. The van der Waals surface area contributed by atoms with E-state index in [1.807, 2.05) is 124 Å². The molecule has 4 fully saturated rings. The van der Waals surface area contributed by atoms with E-state index in [1.165, 1.54) is 46.6 Å². The fraction of sp³-hybridized carbons (Fsp3) is 0.518. The number of carbonyl (C=O) groups excluding carboxylic acids is 5. The number of aliphatic hydroxyl groups excluding tert-OH is 1. The predicted octanol–water partition coefficient (Wildman–Crippen LogP) is 13.3. The van der Waals surface area contributed by atoms with Gasteiger partial charge in [0.1, 0.15) is 17.8 Å². The molecule has 5 amide bonds. The summed E-state index contributed by atoms with van der Waals surface area (Å²) in [4.78, 5) is 100. The number of allylic oxidation sites excluding steroid dienone is 1. The smallest absolute Gasteiger partial charge is 0.293 e. The molecular weight excluding hydrogens is 1460 g/mol. The van der Waals surface area contributed by atoms with Crippen LogP contribution in [0.4, 0.5) is 17.1 Å². The fourth-order valence-electron chi connectivity index (χ4n) is 15.9. The minimum absolute atomic E-state index is 0.00808. The van der Waals surface area contributed by atoms with Crippen molar-refractivity contribution in [3.8, 4) is 10.4 Å². The van der Waals surface area contributed by atoms with Crippen molar-refractivity contribution in [1.82, 2.24) is 44.8 Å². The standard InChI is InChI=1S/C83H109ClN12O10S3/c1-58(60-22-24-62(25-23-60)77-59(2)85-57-108-77)86-80(101)74-50-68(97)54-95(74)81(102)78(82(3,4)5)88-75(98)20-14-7-8-15-21-76(99)94-48-44-92(45-49-94)56-83(6)38-36-71(61-26-30-65(84)31-27-61)64(52-83)53-91-42-46-93(47-43-91)67-32-28-63(29-33-67)79(100)89-109(105,106)70-34-35-72(73(51-70)96(103)104)87-66(55-107-69-18-12-11-13-19-69)37-41-90-39-16-9-10-17-40-90/h11-13,18-19,22-35,51,57-58,66,68,74,78,87,97H,7-10,14-17,20-21,36-50,52-56H2,1-6H3,(H,86,101)(H,88,98)(H,89,100)/t58-,66+,68+,74-,78+,83+/m0/s1. The van der Waals surface area contributed by atoms with E-state index in [-0.39, 0.29) is 70.8 Å². The van der Waals surface area contributed by atoms with Crippen molar-refractivity contribution >= 4 is 96.9 Å². The Hall–Kier alpha value is -7.75. The van der Waals surface area contributed by atoms with Crippen molar-refractivity contribution in [2.45, 2.75) is 178 Å². The molecular formula is C83H109ClN12O10S3. The molecule has 1 aliphatic carbocycles. The van der Waals surface area contributed by atoms with Crippen LogP contribution in [-0.2, 0) is 29.2 Å². The summed E-state index contributed by atoms with van der Waals surface area (Å²) in [7, 11) is -4.51. The number of unbranched alkanes of at least 4 members (excludes halogenated alkanes) is 3. The molecule has 26 heteroatoms. The van der Waals surface area contributed by atoms with Crippen LogP contribution in [0.25, 0.3) is 16.0 Å². The zero-order valence-corrected chi connectivity index (χ0v) is 67.2. The first-order chi connectivity index (χ1) is 52.2. The Labute approximate surface area is 656 Å². The number of sulfonamides is 1. The number of β-amino-alcohol motifs (C(OH)–C–C–N with tert-alkyl or cyclic N) is 1.